The molecule has 0 spiro atoms. The van der Waals surface area contributed by atoms with Crippen molar-refractivity contribution >= 4 is 73.9 Å². The fourth-order valence-corrected chi connectivity index (χ4v) is 5.84. The van der Waals surface area contributed by atoms with Gasteiger partial charge >= 0.3 is 0 Å². The first-order valence-corrected chi connectivity index (χ1v) is 15.2. The van der Waals surface area contributed by atoms with Crippen LogP contribution < -0.4 is 9.62 Å². The van der Waals surface area contributed by atoms with Gasteiger partial charge in [-0.05, 0) is 55.7 Å². The summed E-state index contributed by atoms with van der Waals surface area (Å²) in [4.78, 5) is 28.2. The molecule has 0 bridgehead atoms. The predicted molar refractivity (Wildman–Crippen MR) is 150 cm³/mol. The maximum Gasteiger partial charge on any atom is 0.244 e. The number of nitrogens with one attached hydrogen (secondary N) is 1. The molecule has 0 saturated heterocycles. The molecule has 1 atom stereocenters. The van der Waals surface area contributed by atoms with Gasteiger partial charge in [-0.25, -0.2) is 8.42 Å². The van der Waals surface area contributed by atoms with Crippen LogP contribution in [0.2, 0.25) is 20.1 Å². The molecule has 3 rings (SSSR count). The number of hydrogen-bond acceptors (Lipinski definition) is 4. The van der Waals surface area contributed by atoms with Gasteiger partial charge in [0.25, 0.3) is 0 Å². The van der Waals surface area contributed by atoms with Crippen molar-refractivity contribution < 1.29 is 18.0 Å². The van der Waals surface area contributed by atoms with Crippen molar-refractivity contribution in [2.75, 3.05) is 17.1 Å². The summed E-state index contributed by atoms with van der Waals surface area (Å²) in [5, 5.41) is 4.19. The van der Waals surface area contributed by atoms with Crippen LogP contribution in [-0.2, 0) is 26.2 Å². The highest BCUT2D eigenvalue weighted by atomic mass is 35.5. The van der Waals surface area contributed by atoms with Crippen molar-refractivity contribution in [1.82, 2.24) is 10.2 Å². The Labute approximate surface area is 238 Å². The molecule has 1 N–H and O–H groups in total. The Kier molecular flexibility index (Phi) is 10.4. The largest absolute Gasteiger partial charge is 0.352 e. The van der Waals surface area contributed by atoms with Crippen LogP contribution in [0.25, 0.3) is 0 Å². The first kappa shape index (κ1) is 29.8. The van der Waals surface area contributed by atoms with Crippen molar-refractivity contribution in [2.45, 2.75) is 57.7 Å². The molecule has 1 saturated carbocycles. The lowest BCUT2D eigenvalue weighted by molar-refractivity contribution is -0.139. The number of hydrogen-bond donors (Lipinski definition) is 1. The number of amides is 2. The maximum absolute atomic E-state index is 13.7. The summed E-state index contributed by atoms with van der Waals surface area (Å²) in [6, 6.07) is 8.29. The van der Waals surface area contributed by atoms with E-state index >= 15 is 0 Å². The van der Waals surface area contributed by atoms with Gasteiger partial charge in [0.15, 0.2) is 0 Å². The highest BCUT2D eigenvalue weighted by Gasteiger charge is 2.31. The third-order valence-corrected chi connectivity index (χ3v) is 8.81. The summed E-state index contributed by atoms with van der Waals surface area (Å²) in [6.45, 7) is 1.04. The molecule has 2 aromatic rings. The van der Waals surface area contributed by atoms with Crippen LogP contribution in [0.15, 0.2) is 36.4 Å². The summed E-state index contributed by atoms with van der Waals surface area (Å²) in [5.74, 6) is -0.903. The molecule has 1 fully saturated rings. The Morgan fingerprint density at radius 2 is 1.65 bits per heavy atom. The van der Waals surface area contributed by atoms with Crippen LogP contribution in [0.3, 0.4) is 0 Å². The van der Waals surface area contributed by atoms with Crippen LogP contribution in [-0.4, -0.2) is 50.0 Å². The van der Waals surface area contributed by atoms with Crippen molar-refractivity contribution in [3.05, 3.63) is 62.1 Å². The molecule has 1 aliphatic rings. The van der Waals surface area contributed by atoms with E-state index in [0.29, 0.717) is 15.6 Å². The van der Waals surface area contributed by atoms with Crippen LogP contribution in [0, 0.1) is 0 Å². The Bertz CT molecular complexity index is 1250. The number of carbonyl (C=O) groups is 2. The second-order valence-electron chi connectivity index (χ2n) is 9.14. The number of nitrogens with zero attached hydrogens (tertiary/aromatic N) is 2. The van der Waals surface area contributed by atoms with Gasteiger partial charge in [-0.2, -0.15) is 0 Å². The fourth-order valence-electron chi connectivity index (χ4n) is 4.24. The Balaban J connectivity index is 1.91. The van der Waals surface area contributed by atoms with E-state index in [-0.39, 0.29) is 34.2 Å². The fraction of sp³-hybridized carbons (Fsp3) is 0.440. The SMILES string of the molecule is CC(C(=O)NC1CCCCC1)N(Cc1ccc(Cl)cc1Cl)C(=O)CN(c1ccc(Cl)c(Cl)c1)S(C)(=O)=O. The molecule has 1 aliphatic carbocycles. The number of benzene rings is 2. The first-order chi connectivity index (χ1) is 17.4. The van der Waals surface area contributed by atoms with Crippen molar-refractivity contribution in [1.29, 1.82) is 0 Å². The standard InChI is InChI=1S/C25H29Cl4N3O4S/c1-16(25(34)30-19-6-4-3-5-7-19)31(14-17-8-9-18(26)12-22(17)28)24(33)15-32(37(2,35)36)20-10-11-21(27)23(29)13-20/h8-13,16,19H,3-7,14-15H2,1-2H3,(H,30,34). The molecule has 202 valence electrons. The molecule has 2 aromatic carbocycles. The second-order valence-corrected chi connectivity index (χ2v) is 12.7. The second kappa shape index (κ2) is 12.9. The number of sulfonamides is 1. The monoisotopic (exact) mass is 607 g/mol. The Hall–Kier alpha value is -1.71. The van der Waals surface area contributed by atoms with Crippen LogP contribution >= 0.6 is 46.4 Å². The summed E-state index contributed by atoms with van der Waals surface area (Å²) in [7, 11) is -3.89. The summed E-state index contributed by atoms with van der Waals surface area (Å²) < 4.78 is 26.3. The minimum Gasteiger partial charge on any atom is -0.352 e. The van der Waals surface area contributed by atoms with E-state index in [2.05, 4.69) is 5.32 Å². The van der Waals surface area contributed by atoms with Gasteiger partial charge in [-0.15, -0.1) is 0 Å². The number of rotatable bonds is 9. The summed E-state index contributed by atoms with van der Waals surface area (Å²) in [5.41, 5.74) is 0.742. The maximum atomic E-state index is 13.7. The zero-order valence-corrected chi connectivity index (χ0v) is 24.4. The summed E-state index contributed by atoms with van der Waals surface area (Å²) in [6.07, 6.45) is 5.97. The number of halogens is 4. The quantitative estimate of drug-likeness (QED) is 0.382. The lowest BCUT2D eigenvalue weighted by atomic mass is 9.95. The molecule has 0 radical (unpaired) electrons. The lowest BCUT2D eigenvalue weighted by Crippen LogP contribution is -2.53. The van der Waals surface area contributed by atoms with E-state index in [0.717, 1.165) is 42.7 Å². The van der Waals surface area contributed by atoms with Gasteiger partial charge in [0, 0.05) is 22.6 Å². The zero-order valence-electron chi connectivity index (χ0n) is 20.5. The van der Waals surface area contributed by atoms with Gasteiger partial charge in [0.05, 0.1) is 22.0 Å². The molecule has 0 aliphatic heterocycles. The Morgan fingerprint density at radius 3 is 2.24 bits per heavy atom. The third kappa shape index (κ3) is 8.14. The topological polar surface area (TPSA) is 86.8 Å². The molecule has 37 heavy (non-hydrogen) atoms. The lowest BCUT2D eigenvalue weighted by Gasteiger charge is -2.33. The average molecular weight is 609 g/mol. The van der Waals surface area contributed by atoms with E-state index in [1.807, 2.05) is 0 Å². The van der Waals surface area contributed by atoms with Crippen LogP contribution in [0.5, 0.6) is 0 Å². The van der Waals surface area contributed by atoms with Gasteiger partial charge in [0.2, 0.25) is 21.8 Å². The Morgan fingerprint density at radius 1 is 0.973 bits per heavy atom. The van der Waals surface area contributed by atoms with Crippen molar-refractivity contribution in [3.63, 3.8) is 0 Å². The van der Waals surface area contributed by atoms with E-state index in [9.17, 15) is 18.0 Å². The first-order valence-electron chi connectivity index (χ1n) is 11.8. The van der Waals surface area contributed by atoms with Gasteiger partial charge in [-0.1, -0.05) is 71.7 Å². The van der Waals surface area contributed by atoms with E-state index < -0.39 is 28.5 Å². The molecular weight excluding hydrogens is 580 g/mol. The average Bonchev–Trinajstić information content (AvgIpc) is 2.83. The van der Waals surface area contributed by atoms with E-state index in [1.54, 1.807) is 25.1 Å². The minimum absolute atomic E-state index is 0.0208. The molecule has 7 nitrogen and oxygen atoms in total. The third-order valence-electron chi connectivity index (χ3n) is 6.35. The summed E-state index contributed by atoms with van der Waals surface area (Å²) >= 11 is 24.5. The van der Waals surface area contributed by atoms with Gasteiger partial charge in [-0.3, -0.25) is 13.9 Å². The van der Waals surface area contributed by atoms with Gasteiger partial charge in [0.1, 0.15) is 12.6 Å². The molecule has 0 heterocycles. The van der Waals surface area contributed by atoms with Crippen molar-refractivity contribution in [2.24, 2.45) is 0 Å². The predicted octanol–water partition coefficient (Wildman–Crippen LogP) is 5.93. The molecular formula is C25H29Cl4N3O4S. The normalized spacial score (nSPS) is 15.2. The zero-order chi connectivity index (χ0) is 27.3. The number of anilines is 1. The smallest absolute Gasteiger partial charge is 0.244 e. The molecule has 1 unspecified atom stereocenters. The minimum atomic E-state index is -3.89. The highest BCUT2D eigenvalue weighted by molar-refractivity contribution is 7.92. The molecule has 2 amide bonds. The van der Waals surface area contributed by atoms with Gasteiger partial charge < -0.3 is 10.2 Å². The highest BCUT2D eigenvalue weighted by Crippen LogP contribution is 2.29. The molecule has 12 heteroatoms. The van der Waals surface area contributed by atoms with Crippen LogP contribution in [0.4, 0.5) is 5.69 Å². The van der Waals surface area contributed by atoms with Crippen molar-refractivity contribution in [3.8, 4) is 0 Å². The molecule has 0 aromatic heterocycles. The van der Waals surface area contributed by atoms with E-state index in [4.69, 9.17) is 46.4 Å². The number of carbonyl (C=O) groups excluding carboxylic acids is 2. The van der Waals surface area contributed by atoms with E-state index in [1.165, 1.54) is 23.1 Å². The van der Waals surface area contributed by atoms with Crippen LogP contribution in [0.1, 0.15) is 44.6 Å².